The molecule has 1 N–H and O–H groups in total. The number of halogens is 2. The van der Waals surface area contributed by atoms with Gasteiger partial charge in [0.1, 0.15) is 5.02 Å². The van der Waals surface area contributed by atoms with Gasteiger partial charge in [-0.05, 0) is 54.2 Å². The van der Waals surface area contributed by atoms with Gasteiger partial charge in [-0.25, -0.2) is 4.98 Å². The van der Waals surface area contributed by atoms with Crippen LogP contribution in [-0.4, -0.2) is 34.5 Å². The summed E-state index contributed by atoms with van der Waals surface area (Å²) < 4.78 is 0. The van der Waals surface area contributed by atoms with Crippen molar-refractivity contribution < 1.29 is 0 Å². The molecule has 0 atom stereocenters. The van der Waals surface area contributed by atoms with Gasteiger partial charge in [0, 0.05) is 18.8 Å². The smallest absolute Gasteiger partial charge is 0.224 e. The first-order valence-corrected chi connectivity index (χ1v) is 8.20. The van der Waals surface area contributed by atoms with Gasteiger partial charge in [0.15, 0.2) is 5.82 Å². The predicted molar refractivity (Wildman–Crippen MR) is 91.3 cm³/mol. The van der Waals surface area contributed by atoms with Crippen LogP contribution in [0.1, 0.15) is 18.1 Å². The summed E-state index contributed by atoms with van der Waals surface area (Å²) in [6, 6.07) is 6.43. The maximum atomic E-state index is 6.10. The molecule has 1 aliphatic heterocycles. The van der Waals surface area contributed by atoms with E-state index in [2.05, 4.69) is 45.3 Å². The van der Waals surface area contributed by atoms with E-state index in [4.69, 9.17) is 23.2 Å². The molecular weight excluding hydrogens is 319 g/mol. The van der Waals surface area contributed by atoms with Crippen molar-refractivity contribution in [1.82, 2.24) is 14.9 Å². The Kier molecular flexibility index (Phi) is 4.81. The molecule has 1 aromatic heterocycles. The molecule has 0 amide bonds. The zero-order valence-corrected chi connectivity index (χ0v) is 14.0. The first kappa shape index (κ1) is 15.5. The molecular formula is C16H18Cl2N4. The van der Waals surface area contributed by atoms with E-state index in [9.17, 15) is 0 Å². The van der Waals surface area contributed by atoms with Gasteiger partial charge in [0.2, 0.25) is 5.28 Å². The van der Waals surface area contributed by atoms with E-state index in [0.29, 0.717) is 10.8 Å². The highest BCUT2D eigenvalue weighted by molar-refractivity contribution is 6.33. The van der Waals surface area contributed by atoms with Gasteiger partial charge < -0.3 is 10.2 Å². The second-order valence-electron chi connectivity index (χ2n) is 5.38. The summed E-state index contributed by atoms with van der Waals surface area (Å²) >= 11 is 11.9. The van der Waals surface area contributed by atoms with Crippen LogP contribution in [0, 0.1) is 0 Å². The minimum atomic E-state index is 0.181. The molecule has 0 saturated carbocycles. The lowest BCUT2D eigenvalue weighted by molar-refractivity contribution is 0.303. The third kappa shape index (κ3) is 3.51. The number of aromatic nitrogens is 2. The number of hydrogen-bond acceptors (Lipinski definition) is 4. The molecule has 0 bridgehead atoms. The monoisotopic (exact) mass is 336 g/mol. The summed E-state index contributed by atoms with van der Waals surface area (Å²) in [6.07, 6.45) is 3.67. The van der Waals surface area contributed by atoms with Crippen molar-refractivity contribution in [1.29, 1.82) is 0 Å². The molecule has 6 heteroatoms. The van der Waals surface area contributed by atoms with Gasteiger partial charge in [-0.3, -0.25) is 0 Å². The van der Waals surface area contributed by atoms with Crippen LogP contribution < -0.4 is 5.32 Å². The molecule has 1 aliphatic rings. The molecule has 0 aliphatic carbocycles. The van der Waals surface area contributed by atoms with Crippen LogP contribution in [0.15, 0.2) is 24.4 Å². The summed E-state index contributed by atoms with van der Waals surface area (Å²) in [6.45, 7) is 5.55. The number of hydrogen-bond donors (Lipinski definition) is 1. The fraction of sp³-hybridized carbons (Fsp3) is 0.375. The predicted octanol–water partition coefficient (Wildman–Crippen LogP) is 3.95. The lowest BCUT2D eigenvalue weighted by atomic mass is 10.0. The first-order valence-electron chi connectivity index (χ1n) is 7.45. The van der Waals surface area contributed by atoms with Crippen molar-refractivity contribution in [3.8, 4) is 0 Å². The minimum Gasteiger partial charge on any atom is -0.339 e. The van der Waals surface area contributed by atoms with Crippen molar-refractivity contribution in [2.24, 2.45) is 0 Å². The lowest BCUT2D eigenvalue weighted by Gasteiger charge is -2.16. The van der Waals surface area contributed by atoms with E-state index < -0.39 is 0 Å². The Bertz CT molecular complexity index is 675. The second kappa shape index (κ2) is 6.82. The molecule has 0 saturated heterocycles. The van der Waals surface area contributed by atoms with Crippen LogP contribution in [0.25, 0.3) is 0 Å². The molecule has 1 aromatic carbocycles. The summed E-state index contributed by atoms with van der Waals surface area (Å²) in [5.41, 5.74) is 3.78. The van der Waals surface area contributed by atoms with Crippen LogP contribution in [0.2, 0.25) is 10.3 Å². The number of fused-ring (bicyclic) bond motifs is 1. The average Bonchev–Trinajstić information content (AvgIpc) is 2.73. The third-order valence-electron chi connectivity index (χ3n) is 4.03. The van der Waals surface area contributed by atoms with Gasteiger partial charge >= 0.3 is 0 Å². The second-order valence-corrected chi connectivity index (χ2v) is 6.12. The highest BCUT2D eigenvalue weighted by atomic mass is 35.5. The average molecular weight is 337 g/mol. The lowest BCUT2D eigenvalue weighted by Crippen LogP contribution is -2.25. The van der Waals surface area contributed by atoms with Crippen molar-refractivity contribution in [3.63, 3.8) is 0 Å². The summed E-state index contributed by atoms with van der Waals surface area (Å²) in [7, 11) is 0. The van der Waals surface area contributed by atoms with Crippen LogP contribution in [0.5, 0.6) is 0 Å². The van der Waals surface area contributed by atoms with E-state index in [1.807, 2.05) is 0 Å². The Labute approximate surface area is 140 Å². The molecule has 4 nitrogen and oxygen atoms in total. The molecule has 0 unspecified atom stereocenters. The van der Waals surface area contributed by atoms with E-state index in [0.717, 1.165) is 38.2 Å². The number of anilines is 2. The van der Waals surface area contributed by atoms with Crippen LogP contribution in [0.3, 0.4) is 0 Å². The zero-order valence-electron chi connectivity index (χ0n) is 12.4. The van der Waals surface area contributed by atoms with Gasteiger partial charge in [-0.15, -0.1) is 0 Å². The van der Waals surface area contributed by atoms with E-state index >= 15 is 0 Å². The summed E-state index contributed by atoms with van der Waals surface area (Å²) in [5.74, 6) is 0.533. The Balaban J connectivity index is 1.82. The number of nitrogens with zero attached hydrogens (tertiary/aromatic N) is 3. The van der Waals surface area contributed by atoms with Crippen LogP contribution >= 0.6 is 23.2 Å². The van der Waals surface area contributed by atoms with Crippen LogP contribution in [0.4, 0.5) is 11.5 Å². The van der Waals surface area contributed by atoms with Crippen molar-refractivity contribution >= 4 is 34.7 Å². The zero-order chi connectivity index (χ0) is 15.5. The quantitative estimate of drug-likeness (QED) is 0.861. The highest BCUT2D eigenvalue weighted by Crippen LogP contribution is 2.26. The van der Waals surface area contributed by atoms with Gasteiger partial charge in [-0.2, -0.15) is 4.98 Å². The Morgan fingerprint density at radius 1 is 1.18 bits per heavy atom. The topological polar surface area (TPSA) is 41.0 Å². The van der Waals surface area contributed by atoms with E-state index in [1.165, 1.54) is 17.3 Å². The van der Waals surface area contributed by atoms with Gasteiger partial charge in [0.05, 0.1) is 6.20 Å². The largest absolute Gasteiger partial charge is 0.339 e. The fourth-order valence-corrected chi connectivity index (χ4v) is 3.01. The maximum absolute atomic E-state index is 6.10. The summed E-state index contributed by atoms with van der Waals surface area (Å²) in [5, 5.41) is 3.86. The maximum Gasteiger partial charge on any atom is 0.224 e. The first-order chi connectivity index (χ1) is 10.7. The molecule has 2 aromatic rings. The molecule has 116 valence electrons. The Morgan fingerprint density at radius 2 is 1.95 bits per heavy atom. The number of rotatable bonds is 3. The highest BCUT2D eigenvalue weighted by Gasteiger charge is 2.13. The molecule has 3 rings (SSSR count). The Morgan fingerprint density at radius 3 is 2.73 bits per heavy atom. The van der Waals surface area contributed by atoms with Crippen molar-refractivity contribution in [2.75, 3.05) is 25.0 Å². The molecule has 0 fully saturated rings. The molecule has 2 heterocycles. The molecule has 22 heavy (non-hydrogen) atoms. The third-order valence-corrected chi connectivity index (χ3v) is 4.48. The number of nitrogens with one attached hydrogen (secondary N) is 1. The van der Waals surface area contributed by atoms with Crippen LogP contribution in [-0.2, 0) is 12.8 Å². The van der Waals surface area contributed by atoms with Crippen molar-refractivity contribution in [3.05, 3.63) is 45.8 Å². The number of likely N-dealkylation sites (N-methyl/N-ethyl adjacent to an activating group) is 1. The Hall–Kier alpha value is -1.36. The van der Waals surface area contributed by atoms with E-state index in [1.54, 1.807) is 0 Å². The van der Waals surface area contributed by atoms with Crippen molar-refractivity contribution in [2.45, 2.75) is 19.8 Å². The molecule has 0 radical (unpaired) electrons. The SMILES string of the molecule is CCN1CCc2ccc(Nc3nc(Cl)ncc3Cl)cc2CC1. The number of benzene rings is 1. The van der Waals surface area contributed by atoms with Gasteiger partial charge in [-0.1, -0.05) is 24.6 Å². The normalized spacial score (nSPS) is 15.2. The van der Waals surface area contributed by atoms with E-state index in [-0.39, 0.29) is 5.28 Å². The standard InChI is InChI=1S/C16H18Cl2N4/c1-2-22-7-5-11-3-4-13(9-12(11)6-8-22)20-15-14(17)10-19-16(18)21-15/h3-4,9-10H,2,5-8H2,1H3,(H,19,20,21). The minimum absolute atomic E-state index is 0.181. The van der Waals surface area contributed by atoms with Gasteiger partial charge in [0.25, 0.3) is 0 Å². The fourth-order valence-electron chi connectivity index (χ4n) is 2.74. The molecule has 0 spiro atoms. The summed E-state index contributed by atoms with van der Waals surface area (Å²) in [4.78, 5) is 10.5.